The molecule has 148 valence electrons. The van der Waals surface area contributed by atoms with Gasteiger partial charge in [0.1, 0.15) is 0 Å². The van der Waals surface area contributed by atoms with Gasteiger partial charge in [0.25, 0.3) is 6.43 Å². The van der Waals surface area contributed by atoms with Crippen molar-refractivity contribution in [2.75, 3.05) is 0 Å². The maximum atomic E-state index is 13.2. The highest BCUT2D eigenvalue weighted by Gasteiger charge is 2.85. The zero-order valence-electron chi connectivity index (χ0n) is 11.8. The van der Waals surface area contributed by atoms with E-state index >= 15 is 0 Å². The molecule has 0 amide bonds. The minimum Gasteiger partial charge on any atom is -0.421 e. The maximum absolute atomic E-state index is 13.2. The first kappa shape index (κ1) is 23.4. The number of carbonyl (C=O) groups is 1. The summed E-state index contributed by atoms with van der Waals surface area (Å²) in [6.07, 6.45) is -15.1. The highest BCUT2D eigenvalue weighted by Crippen LogP contribution is 2.56. The van der Waals surface area contributed by atoms with Gasteiger partial charge in [-0.25, -0.2) is 18.0 Å². The minimum absolute atomic E-state index is 0.699. The van der Waals surface area contributed by atoms with Gasteiger partial charge in [0.2, 0.25) is 6.17 Å². The smallest absolute Gasteiger partial charge is 0.385 e. The minimum atomic E-state index is -7.49. The Labute approximate surface area is 131 Å². The molecule has 0 fully saturated rings. The molecule has 14 heteroatoms. The second kappa shape index (κ2) is 6.94. The van der Waals surface area contributed by atoms with Crippen LogP contribution in [0.25, 0.3) is 0 Å². The Balaban J connectivity index is 5.91. The number of esters is 1. The third kappa shape index (κ3) is 3.81. The molecule has 0 aromatic rings. The summed E-state index contributed by atoms with van der Waals surface area (Å²) in [5, 5.41) is 0. The van der Waals surface area contributed by atoms with E-state index in [-0.39, 0.29) is 0 Å². The molecule has 0 spiro atoms. The van der Waals surface area contributed by atoms with E-state index in [0.29, 0.717) is 6.92 Å². The molecule has 25 heavy (non-hydrogen) atoms. The predicted octanol–water partition coefficient (Wildman–Crippen LogP) is 4.55. The molecule has 0 N–H and O–H groups in total. The maximum Gasteiger partial charge on any atom is 0.385 e. The Morgan fingerprint density at radius 3 is 1.52 bits per heavy atom. The third-order valence-corrected chi connectivity index (χ3v) is 2.64. The Morgan fingerprint density at radius 1 is 0.840 bits per heavy atom. The van der Waals surface area contributed by atoms with Crippen LogP contribution in [0, 0.1) is 0 Å². The number of halogens is 12. The van der Waals surface area contributed by atoms with Crippen LogP contribution in [0.5, 0.6) is 0 Å². The van der Waals surface area contributed by atoms with Crippen molar-refractivity contribution in [3.8, 4) is 0 Å². The SMILES string of the molecule is C=C(C)C(=O)OC(F)C(F)(F)C(F)(F)C(F)(F)C(F)(F)C(F)C(F)F. The number of carbonyl (C=O) groups excluding carboxylic acids is 1. The van der Waals surface area contributed by atoms with E-state index in [0.717, 1.165) is 0 Å². The zero-order valence-corrected chi connectivity index (χ0v) is 11.8. The van der Waals surface area contributed by atoms with E-state index < -0.39 is 54.2 Å². The third-order valence-electron chi connectivity index (χ3n) is 2.64. The van der Waals surface area contributed by atoms with Crippen LogP contribution in [-0.4, -0.2) is 48.6 Å². The molecule has 0 saturated carbocycles. The van der Waals surface area contributed by atoms with E-state index in [1.165, 1.54) is 0 Å². The highest BCUT2D eigenvalue weighted by atomic mass is 19.4. The van der Waals surface area contributed by atoms with E-state index in [1.807, 2.05) is 0 Å². The molecule has 2 atom stereocenters. The Bertz CT molecular complexity index is 515. The largest absolute Gasteiger partial charge is 0.421 e. The van der Waals surface area contributed by atoms with Crippen molar-refractivity contribution in [3.05, 3.63) is 12.2 Å². The van der Waals surface area contributed by atoms with Crippen molar-refractivity contribution >= 4 is 5.97 Å². The first-order valence-electron chi connectivity index (χ1n) is 5.79. The van der Waals surface area contributed by atoms with Crippen molar-refractivity contribution < 1.29 is 62.2 Å². The zero-order chi connectivity index (χ0) is 20.6. The standard InChI is InChI=1S/C11H8F12O2/c1-3(2)6(24)25-7(15)9(18,19)11(22,23)10(20,21)8(16,17)4(12)5(13)14/h4-5,7H,1H2,2H3. The van der Waals surface area contributed by atoms with Gasteiger partial charge in [0.05, 0.1) is 0 Å². The molecular weight excluding hydrogens is 392 g/mol. The van der Waals surface area contributed by atoms with Crippen LogP contribution in [-0.2, 0) is 9.53 Å². The predicted molar refractivity (Wildman–Crippen MR) is 56.5 cm³/mol. The lowest BCUT2D eigenvalue weighted by Crippen LogP contribution is -2.67. The summed E-state index contributed by atoms with van der Waals surface area (Å²) < 4.78 is 157. The van der Waals surface area contributed by atoms with Crippen LogP contribution in [0.15, 0.2) is 12.2 Å². The molecular formula is C11H8F12O2. The van der Waals surface area contributed by atoms with Crippen LogP contribution < -0.4 is 0 Å². The molecule has 0 radical (unpaired) electrons. The van der Waals surface area contributed by atoms with Gasteiger partial charge in [-0.2, -0.15) is 39.5 Å². The van der Waals surface area contributed by atoms with Gasteiger partial charge in [0, 0.05) is 5.57 Å². The van der Waals surface area contributed by atoms with Gasteiger partial charge in [-0.05, 0) is 6.92 Å². The van der Waals surface area contributed by atoms with Gasteiger partial charge in [-0.15, -0.1) is 0 Å². The Morgan fingerprint density at radius 2 is 1.20 bits per heavy atom. The molecule has 0 saturated heterocycles. The summed E-state index contributed by atoms with van der Waals surface area (Å²) in [5.74, 6) is -30.9. The average molecular weight is 400 g/mol. The monoisotopic (exact) mass is 400 g/mol. The summed E-state index contributed by atoms with van der Waals surface area (Å²) in [6.45, 7) is 3.41. The topological polar surface area (TPSA) is 26.3 Å². The van der Waals surface area contributed by atoms with Gasteiger partial charge in [-0.3, -0.25) is 0 Å². The molecule has 2 nitrogen and oxygen atoms in total. The molecule has 0 aromatic carbocycles. The molecule has 0 bridgehead atoms. The van der Waals surface area contributed by atoms with Gasteiger partial charge in [0.15, 0.2) is 0 Å². The molecule has 0 heterocycles. The normalized spacial score (nSPS) is 16.6. The summed E-state index contributed by atoms with van der Waals surface area (Å²) >= 11 is 0. The number of ether oxygens (including phenoxy) is 1. The number of rotatable bonds is 8. The van der Waals surface area contributed by atoms with Crippen LogP contribution in [0.1, 0.15) is 6.92 Å². The molecule has 0 aliphatic heterocycles. The van der Waals surface area contributed by atoms with Crippen molar-refractivity contribution in [1.82, 2.24) is 0 Å². The van der Waals surface area contributed by atoms with Gasteiger partial charge >= 0.3 is 36.0 Å². The van der Waals surface area contributed by atoms with Crippen LogP contribution in [0.2, 0.25) is 0 Å². The summed E-state index contributed by atoms with van der Waals surface area (Å²) in [6, 6.07) is 0. The molecule has 0 aliphatic rings. The molecule has 0 aliphatic carbocycles. The lowest BCUT2D eigenvalue weighted by molar-refractivity contribution is -0.399. The Kier molecular flexibility index (Phi) is 6.49. The number of alkyl halides is 12. The highest BCUT2D eigenvalue weighted by molar-refractivity contribution is 5.87. The van der Waals surface area contributed by atoms with E-state index in [4.69, 9.17) is 0 Å². The van der Waals surface area contributed by atoms with Crippen LogP contribution >= 0.6 is 0 Å². The second-order valence-corrected chi connectivity index (χ2v) is 4.63. The van der Waals surface area contributed by atoms with Crippen molar-refractivity contribution in [2.45, 2.75) is 49.6 Å². The van der Waals surface area contributed by atoms with E-state index in [1.54, 1.807) is 0 Å². The van der Waals surface area contributed by atoms with E-state index in [2.05, 4.69) is 11.3 Å². The summed E-state index contributed by atoms with van der Waals surface area (Å²) in [5.41, 5.74) is -0.861. The fourth-order valence-corrected chi connectivity index (χ4v) is 1.16. The fraction of sp³-hybridized carbons (Fsp3) is 0.727. The van der Waals surface area contributed by atoms with Crippen molar-refractivity contribution in [1.29, 1.82) is 0 Å². The number of hydrogen-bond donors (Lipinski definition) is 0. The Hall–Kier alpha value is -1.63. The first-order valence-corrected chi connectivity index (χ1v) is 5.79. The molecule has 0 rings (SSSR count). The van der Waals surface area contributed by atoms with E-state index in [9.17, 15) is 57.5 Å². The van der Waals surface area contributed by atoms with Crippen LogP contribution in [0.3, 0.4) is 0 Å². The second-order valence-electron chi connectivity index (χ2n) is 4.63. The van der Waals surface area contributed by atoms with Crippen molar-refractivity contribution in [3.63, 3.8) is 0 Å². The summed E-state index contributed by atoms with van der Waals surface area (Å²) in [7, 11) is 0. The summed E-state index contributed by atoms with van der Waals surface area (Å²) in [4.78, 5) is 10.7. The van der Waals surface area contributed by atoms with Gasteiger partial charge < -0.3 is 4.74 Å². The average Bonchev–Trinajstić information content (AvgIpc) is 2.44. The molecule has 0 aromatic heterocycles. The number of hydrogen-bond acceptors (Lipinski definition) is 2. The van der Waals surface area contributed by atoms with Crippen LogP contribution in [0.4, 0.5) is 52.7 Å². The van der Waals surface area contributed by atoms with Gasteiger partial charge in [-0.1, -0.05) is 6.58 Å². The lowest BCUT2D eigenvalue weighted by Gasteiger charge is -2.38. The van der Waals surface area contributed by atoms with Crippen molar-refractivity contribution in [2.24, 2.45) is 0 Å². The fourth-order valence-electron chi connectivity index (χ4n) is 1.16. The lowest BCUT2D eigenvalue weighted by atomic mass is 9.95. The quantitative estimate of drug-likeness (QED) is 0.340. The molecule has 2 unspecified atom stereocenters. The first-order chi connectivity index (χ1) is 10.9.